The maximum Gasteiger partial charge on any atom is 0.338 e. The Morgan fingerprint density at radius 3 is 2.72 bits per heavy atom. The number of pyridine rings is 1. The van der Waals surface area contributed by atoms with E-state index >= 15 is 0 Å². The molecule has 4 aromatic rings. The molecule has 1 aliphatic heterocycles. The van der Waals surface area contributed by atoms with Gasteiger partial charge in [0.15, 0.2) is 0 Å². The van der Waals surface area contributed by atoms with Crippen LogP contribution in [0.4, 0.5) is 5.69 Å². The lowest BCUT2D eigenvalue weighted by molar-refractivity contribution is -0.119. The zero-order valence-corrected chi connectivity index (χ0v) is 22.5. The molecular formula is C28H27ClN6O4. The summed E-state index contributed by atoms with van der Waals surface area (Å²) in [5.41, 5.74) is 3.52. The summed E-state index contributed by atoms with van der Waals surface area (Å²) in [4.78, 5) is 47.8. The lowest BCUT2D eigenvalue weighted by atomic mass is 9.97. The number of rotatable bonds is 3. The Bertz CT molecular complexity index is 1630. The van der Waals surface area contributed by atoms with Gasteiger partial charge in [-0.1, -0.05) is 24.9 Å². The average Bonchev–Trinajstić information content (AvgIpc) is 3.29. The van der Waals surface area contributed by atoms with Gasteiger partial charge in [-0.2, -0.15) is 5.10 Å². The van der Waals surface area contributed by atoms with Crippen LogP contribution in [0, 0.1) is 5.92 Å². The fraction of sp³-hybridized carbons (Fsp3) is 0.286. The molecule has 1 aromatic carbocycles. The number of hydrogen-bond donors (Lipinski definition) is 1. The summed E-state index contributed by atoms with van der Waals surface area (Å²) < 4.78 is 8.13. The van der Waals surface area contributed by atoms with Crippen molar-refractivity contribution in [3.8, 4) is 22.5 Å². The van der Waals surface area contributed by atoms with Crippen LogP contribution in [-0.2, 0) is 16.6 Å². The third-order valence-corrected chi connectivity index (χ3v) is 7.22. The molecule has 0 spiro atoms. The van der Waals surface area contributed by atoms with Crippen LogP contribution in [-0.4, -0.2) is 43.3 Å². The standard InChI is InChI=1S/C28H27ClN6O4/c1-16-5-4-6-24(22-11-17(9-10-30-22)26-23(33-27(16)37)14-32-34(26)2)35-15-31-21(13-25(35)36)20-12-18(29)7-8-19(20)28(38)39-3/h7-16,24H,4-6H2,1-3H3,(H,33,37)/t16-,24+/m1/s1. The highest BCUT2D eigenvalue weighted by Gasteiger charge is 2.24. The number of aromatic nitrogens is 5. The molecular weight excluding hydrogens is 520 g/mol. The highest BCUT2D eigenvalue weighted by atomic mass is 35.5. The Balaban J connectivity index is 1.60. The summed E-state index contributed by atoms with van der Waals surface area (Å²) in [6, 6.07) is 9.42. The molecule has 0 radical (unpaired) electrons. The Labute approximate surface area is 229 Å². The van der Waals surface area contributed by atoms with Crippen molar-refractivity contribution in [3.05, 3.63) is 81.8 Å². The Kier molecular flexibility index (Phi) is 7.30. The van der Waals surface area contributed by atoms with Crippen LogP contribution in [0.15, 0.2) is 59.9 Å². The second-order valence-electron chi connectivity index (χ2n) is 9.54. The lowest BCUT2D eigenvalue weighted by Crippen LogP contribution is -2.27. The van der Waals surface area contributed by atoms with Gasteiger partial charge in [-0.3, -0.25) is 23.8 Å². The van der Waals surface area contributed by atoms with Crippen LogP contribution in [0.2, 0.25) is 5.02 Å². The van der Waals surface area contributed by atoms with E-state index in [4.69, 9.17) is 16.3 Å². The number of halogens is 1. The molecule has 0 saturated carbocycles. The highest BCUT2D eigenvalue weighted by Crippen LogP contribution is 2.32. The van der Waals surface area contributed by atoms with Gasteiger partial charge in [-0.25, -0.2) is 9.78 Å². The first-order valence-electron chi connectivity index (χ1n) is 12.5. The van der Waals surface area contributed by atoms with Crippen molar-refractivity contribution in [2.45, 2.75) is 32.2 Å². The quantitative estimate of drug-likeness (QED) is 0.376. The first-order chi connectivity index (χ1) is 18.8. The second kappa shape index (κ2) is 10.8. The Hall–Kier alpha value is -4.31. The zero-order valence-electron chi connectivity index (χ0n) is 21.7. The van der Waals surface area contributed by atoms with E-state index in [1.807, 2.05) is 26.1 Å². The minimum atomic E-state index is -0.555. The predicted molar refractivity (Wildman–Crippen MR) is 147 cm³/mol. The van der Waals surface area contributed by atoms with Crippen LogP contribution in [0.3, 0.4) is 0 Å². The fourth-order valence-electron chi connectivity index (χ4n) is 4.89. The number of hydrogen-bond acceptors (Lipinski definition) is 7. The van der Waals surface area contributed by atoms with Crippen LogP contribution >= 0.6 is 11.6 Å². The number of anilines is 1. The Morgan fingerprint density at radius 2 is 1.95 bits per heavy atom. The van der Waals surface area contributed by atoms with Gasteiger partial charge >= 0.3 is 5.97 Å². The minimum Gasteiger partial charge on any atom is -0.465 e. The number of nitrogens with one attached hydrogen (secondary N) is 1. The normalized spacial score (nSPS) is 17.4. The number of ether oxygens (including phenoxy) is 1. The molecule has 4 heterocycles. The molecule has 5 rings (SSSR count). The summed E-state index contributed by atoms with van der Waals surface area (Å²) in [5.74, 6) is -0.872. The molecule has 0 fully saturated rings. The van der Waals surface area contributed by atoms with Crippen LogP contribution in [0.5, 0.6) is 0 Å². The van der Waals surface area contributed by atoms with E-state index in [2.05, 4.69) is 20.4 Å². The molecule has 1 aliphatic rings. The fourth-order valence-corrected chi connectivity index (χ4v) is 5.06. The lowest BCUT2D eigenvalue weighted by Gasteiger charge is -2.22. The van der Waals surface area contributed by atoms with E-state index in [9.17, 15) is 14.4 Å². The third kappa shape index (κ3) is 5.20. The number of nitrogens with zero attached hydrogens (tertiary/aromatic N) is 5. The number of esters is 1. The molecule has 0 aliphatic carbocycles. The molecule has 0 saturated heterocycles. The van der Waals surface area contributed by atoms with Gasteiger partial charge in [0.05, 0.1) is 54.0 Å². The van der Waals surface area contributed by atoms with Gasteiger partial charge in [0.2, 0.25) is 5.91 Å². The van der Waals surface area contributed by atoms with Gasteiger partial charge in [0, 0.05) is 41.4 Å². The molecule has 1 N–H and O–H groups in total. The van der Waals surface area contributed by atoms with Crippen molar-refractivity contribution in [3.63, 3.8) is 0 Å². The largest absolute Gasteiger partial charge is 0.465 e. The van der Waals surface area contributed by atoms with Gasteiger partial charge in [-0.05, 0) is 43.2 Å². The van der Waals surface area contributed by atoms with E-state index in [0.717, 1.165) is 11.3 Å². The Morgan fingerprint density at radius 1 is 1.13 bits per heavy atom. The number of carbonyl (C=O) groups excluding carboxylic acids is 2. The maximum atomic E-state index is 13.5. The molecule has 2 bridgehead atoms. The highest BCUT2D eigenvalue weighted by molar-refractivity contribution is 6.31. The zero-order chi connectivity index (χ0) is 27.7. The van der Waals surface area contributed by atoms with Crippen molar-refractivity contribution in [1.29, 1.82) is 0 Å². The average molecular weight is 547 g/mol. The van der Waals surface area contributed by atoms with Gasteiger partial charge in [0.1, 0.15) is 0 Å². The van der Waals surface area contributed by atoms with Crippen molar-refractivity contribution < 1.29 is 14.3 Å². The smallest absolute Gasteiger partial charge is 0.338 e. The number of fused-ring (bicyclic) bond motifs is 4. The van der Waals surface area contributed by atoms with E-state index in [0.29, 0.717) is 46.9 Å². The van der Waals surface area contributed by atoms with Gasteiger partial charge in [0.25, 0.3) is 5.56 Å². The number of carbonyl (C=O) groups is 2. The number of amides is 1. The summed E-state index contributed by atoms with van der Waals surface area (Å²) in [6.07, 6.45) is 6.66. The maximum absolute atomic E-state index is 13.5. The second-order valence-corrected chi connectivity index (χ2v) is 9.97. The first-order valence-corrected chi connectivity index (χ1v) is 12.9. The molecule has 1 amide bonds. The van der Waals surface area contributed by atoms with Crippen LogP contribution in [0.1, 0.15) is 48.3 Å². The molecule has 39 heavy (non-hydrogen) atoms. The van der Waals surface area contributed by atoms with Crippen molar-refractivity contribution in [2.24, 2.45) is 13.0 Å². The molecule has 200 valence electrons. The first kappa shape index (κ1) is 26.3. The summed E-state index contributed by atoms with van der Waals surface area (Å²) >= 11 is 6.19. The molecule has 0 unspecified atom stereocenters. The topological polar surface area (TPSA) is 121 Å². The van der Waals surface area contributed by atoms with E-state index in [1.165, 1.54) is 19.5 Å². The number of methoxy groups -OCH3 is 1. The number of aryl methyl sites for hydroxylation is 1. The van der Waals surface area contributed by atoms with E-state index in [1.54, 1.807) is 39.8 Å². The minimum absolute atomic E-state index is 0.0817. The van der Waals surface area contributed by atoms with Crippen LogP contribution in [0.25, 0.3) is 22.5 Å². The predicted octanol–water partition coefficient (Wildman–Crippen LogP) is 4.49. The number of benzene rings is 1. The van der Waals surface area contributed by atoms with Gasteiger partial charge < -0.3 is 10.1 Å². The van der Waals surface area contributed by atoms with E-state index < -0.39 is 12.0 Å². The van der Waals surface area contributed by atoms with Crippen molar-refractivity contribution >= 4 is 29.2 Å². The molecule has 10 nitrogen and oxygen atoms in total. The molecule has 3 aromatic heterocycles. The summed E-state index contributed by atoms with van der Waals surface area (Å²) in [6.45, 7) is 1.88. The van der Waals surface area contributed by atoms with Crippen LogP contribution < -0.4 is 10.9 Å². The summed E-state index contributed by atoms with van der Waals surface area (Å²) in [7, 11) is 3.10. The van der Waals surface area contributed by atoms with Crippen molar-refractivity contribution in [1.82, 2.24) is 24.3 Å². The van der Waals surface area contributed by atoms with E-state index in [-0.39, 0.29) is 22.9 Å². The monoisotopic (exact) mass is 546 g/mol. The SMILES string of the molecule is COC(=O)c1ccc(Cl)cc1-c1cc(=O)n([C@H]2CCC[C@@H](C)C(=O)Nc3cnn(C)c3-c3ccnc2c3)cn1. The molecule has 11 heteroatoms. The van der Waals surface area contributed by atoms with Gasteiger partial charge in [-0.15, -0.1) is 0 Å². The third-order valence-electron chi connectivity index (χ3n) is 6.99. The summed E-state index contributed by atoms with van der Waals surface area (Å²) in [5, 5.41) is 7.74. The molecule has 2 atom stereocenters. The van der Waals surface area contributed by atoms with Crippen molar-refractivity contribution in [2.75, 3.05) is 12.4 Å².